The van der Waals surface area contributed by atoms with Gasteiger partial charge in [-0.15, -0.1) is 0 Å². The Hall–Kier alpha value is -0.660. The molecule has 0 spiro atoms. The van der Waals surface area contributed by atoms with E-state index in [1.54, 1.807) is 0 Å². The van der Waals surface area contributed by atoms with Gasteiger partial charge in [0.2, 0.25) is 10.0 Å². The van der Waals surface area contributed by atoms with Crippen molar-refractivity contribution in [3.8, 4) is 0 Å². The minimum atomic E-state index is -3.56. The first-order valence-electron chi connectivity index (χ1n) is 5.31. The van der Waals surface area contributed by atoms with E-state index in [2.05, 4.69) is 32.6 Å². The van der Waals surface area contributed by atoms with Gasteiger partial charge >= 0.3 is 0 Å². The maximum Gasteiger partial charge on any atom is 0.244 e. The fourth-order valence-corrected chi connectivity index (χ4v) is 3.31. The summed E-state index contributed by atoms with van der Waals surface area (Å²) in [6.45, 7) is 2.57. The number of nitrogens with one attached hydrogen (secondary N) is 1. The molecule has 94 valence electrons. The third-order valence-corrected chi connectivity index (χ3v) is 4.84. The number of nitrogens with zero attached hydrogens (tertiary/aromatic N) is 1. The molecular weight excluding hydrogens is 306 g/mol. The first kappa shape index (κ1) is 12.8. The van der Waals surface area contributed by atoms with Crippen LogP contribution in [-0.2, 0) is 10.0 Å². The molecule has 1 heterocycles. The van der Waals surface area contributed by atoms with Crippen LogP contribution >= 0.6 is 15.9 Å². The van der Waals surface area contributed by atoms with Gasteiger partial charge < -0.3 is 5.73 Å². The predicted octanol–water partition coefficient (Wildman–Crippen LogP) is 1.36. The van der Waals surface area contributed by atoms with Crippen LogP contribution in [-0.4, -0.2) is 19.9 Å². The van der Waals surface area contributed by atoms with Crippen LogP contribution in [0.5, 0.6) is 0 Å². The Morgan fingerprint density at radius 2 is 2.29 bits per heavy atom. The van der Waals surface area contributed by atoms with Crippen molar-refractivity contribution in [2.24, 2.45) is 11.8 Å². The lowest BCUT2D eigenvalue weighted by Crippen LogP contribution is -2.27. The van der Waals surface area contributed by atoms with Crippen LogP contribution < -0.4 is 10.5 Å². The van der Waals surface area contributed by atoms with Crippen LogP contribution in [0.15, 0.2) is 21.6 Å². The van der Waals surface area contributed by atoms with Crippen molar-refractivity contribution in [2.45, 2.75) is 18.2 Å². The van der Waals surface area contributed by atoms with Gasteiger partial charge in [0.25, 0.3) is 0 Å². The molecule has 1 aromatic heterocycles. The van der Waals surface area contributed by atoms with Gasteiger partial charge in [-0.1, -0.05) is 6.92 Å². The topological polar surface area (TPSA) is 85.1 Å². The summed E-state index contributed by atoms with van der Waals surface area (Å²) < 4.78 is 27.1. The molecule has 0 saturated heterocycles. The molecule has 0 aliphatic heterocycles. The van der Waals surface area contributed by atoms with Crippen molar-refractivity contribution in [3.05, 3.63) is 16.7 Å². The van der Waals surface area contributed by atoms with Crippen LogP contribution in [0.4, 0.5) is 5.82 Å². The lowest BCUT2D eigenvalue weighted by Gasteiger charge is -2.08. The Kier molecular flexibility index (Phi) is 3.42. The number of aromatic nitrogens is 1. The summed E-state index contributed by atoms with van der Waals surface area (Å²) in [7, 11) is -3.56. The summed E-state index contributed by atoms with van der Waals surface area (Å²) in [5.74, 6) is 1.08. The fourth-order valence-electron chi connectivity index (χ4n) is 1.62. The Balaban J connectivity index is 2.16. The van der Waals surface area contributed by atoms with Crippen molar-refractivity contribution < 1.29 is 8.42 Å². The number of nitrogen functional groups attached to an aromatic ring is 1. The molecule has 0 bridgehead atoms. The second-order valence-corrected chi connectivity index (χ2v) is 7.01. The number of sulfonamides is 1. The third-order valence-electron chi connectivity index (χ3n) is 2.95. The smallest absolute Gasteiger partial charge is 0.244 e. The maximum atomic E-state index is 12.0. The average molecular weight is 320 g/mol. The van der Waals surface area contributed by atoms with Crippen molar-refractivity contribution in [2.75, 3.05) is 12.3 Å². The van der Waals surface area contributed by atoms with E-state index >= 15 is 0 Å². The fraction of sp³-hybridized carbons (Fsp3) is 0.500. The molecule has 7 heteroatoms. The van der Waals surface area contributed by atoms with E-state index in [1.807, 2.05) is 0 Å². The standard InChI is InChI=1S/C10H14BrN3O2S/c1-6-2-7(6)4-14-17(15,16)9-3-8(11)5-13-10(9)12/h3,5-7,14H,2,4H2,1H3,(H2,12,13). The van der Waals surface area contributed by atoms with Gasteiger partial charge in [0, 0.05) is 17.2 Å². The molecule has 2 atom stereocenters. The van der Waals surface area contributed by atoms with E-state index < -0.39 is 10.0 Å². The average Bonchev–Trinajstić information content (AvgIpc) is 2.96. The van der Waals surface area contributed by atoms with Crippen molar-refractivity contribution in [3.63, 3.8) is 0 Å². The molecule has 0 radical (unpaired) electrons. The molecule has 0 amide bonds. The van der Waals surface area contributed by atoms with Gasteiger partial charge in [0.05, 0.1) is 0 Å². The van der Waals surface area contributed by atoms with Gasteiger partial charge in [0.1, 0.15) is 10.7 Å². The number of pyridine rings is 1. The molecule has 3 N–H and O–H groups in total. The molecule has 5 nitrogen and oxygen atoms in total. The van der Waals surface area contributed by atoms with Crippen molar-refractivity contribution >= 4 is 31.8 Å². The van der Waals surface area contributed by atoms with Gasteiger partial charge in [-0.05, 0) is 40.3 Å². The van der Waals surface area contributed by atoms with Crippen LogP contribution in [0.25, 0.3) is 0 Å². The molecule has 1 aliphatic rings. The number of halogens is 1. The molecule has 17 heavy (non-hydrogen) atoms. The SMILES string of the molecule is CC1CC1CNS(=O)(=O)c1cc(Br)cnc1N. The van der Waals surface area contributed by atoms with Crippen LogP contribution in [0, 0.1) is 11.8 Å². The minimum Gasteiger partial charge on any atom is -0.383 e. The molecular formula is C10H14BrN3O2S. The minimum absolute atomic E-state index is 0.0181. The molecule has 1 aliphatic carbocycles. The zero-order valence-electron chi connectivity index (χ0n) is 9.35. The molecule has 1 fully saturated rings. The Morgan fingerprint density at radius 3 is 2.88 bits per heavy atom. The second-order valence-electron chi connectivity index (χ2n) is 4.36. The summed E-state index contributed by atoms with van der Waals surface area (Å²) >= 11 is 3.18. The highest BCUT2D eigenvalue weighted by molar-refractivity contribution is 9.10. The second kappa shape index (κ2) is 4.55. The Bertz CT molecular complexity index is 532. The summed E-state index contributed by atoms with van der Waals surface area (Å²) in [6, 6.07) is 1.46. The summed E-state index contributed by atoms with van der Waals surface area (Å²) in [5, 5.41) is 0. The molecule has 2 rings (SSSR count). The van der Waals surface area contributed by atoms with Gasteiger partial charge in [-0.25, -0.2) is 18.1 Å². The van der Waals surface area contributed by atoms with Gasteiger partial charge in [-0.2, -0.15) is 0 Å². The van der Waals surface area contributed by atoms with Crippen LogP contribution in [0.3, 0.4) is 0 Å². The molecule has 1 aromatic rings. The first-order valence-corrected chi connectivity index (χ1v) is 7.58. The zero-order chi connectivity index (χ0) is 12.6. The zero-order valence-corrected chi connectivity index (χ0v) is 11.8. The lowest BCUT2D eigenvalue weighted by atomic mass is 10.3. The number of anilines is 1. The van der Waals surface area contributed by atoms with E-state index in [0.29, 0.717) is 22.9 Å². The van der Waals surface area contributed by atoms with Crippen molar-refractivity contribution in [1.82, 2.24) is 9.71 Å². The van der Waals surface area contributed by atoms with E-state index in [4.69, 9.17) is 5.73 Å². The van der Waals surface area contributed by atoms with E-state index in [9.17, 15) is 8.42 Å². The van der Waals surface area contributed by atoms with Crippen LogP contribution in [0.2, 0.25) is 0 Å². The van der Waals surface area contributed by atoms with E-state index in [1.165, 1.54) is 12.3 Å². The Morgan fingerprint density at radius 1 is 1.65 bits per heavy atom. The van der Waals surface area contributed by atoms with E-state index in [-0.39, 0.29) is 10.7 Å². The first-order chi connectivity index (χ1) is 7.90. The number of hydrogen-bond acceptors (Lipinski definition) is 4. The number of nitrogens with two attached hydrogens (primary N) is 1. The summed E-state index contributed by atoms with van der Waals surface area (Å²) in [5.41, 5.74) is 5.57. The predicted molar refractivity (Wildman–Crippen MR) is 68.8 cm³/mol. The highest BCUT2D eigenvalue weighted by Crippen LogP contribution is 2.37. The summed E-state index contributed by atoms with van der Waals surface area (Å²) in [4.78, 5) is 3.84. The summed E-state index contributed by atoms with van der Waals surface area (Å²) in [6.07, 6.45) is 2.55. The third kappa shape index (κ3) is 2.97. The lowest BCUT2D eigenvalue weighted by molar-refractivity contribution is 0.574. The maximum absolute atomic E-state index is 12.0. The molecule has 0 aromatic carbocycles. The highest BCUT2D eigenvalue weighted by atomic mass is 79.9. The van der Waals surface area contributed by atoms with Crippen molar-refractivity contribution in [1.29, 1.82) is 0 Å². The van der Waals surface area contributed by atoms with E-state index in [0.717, 1.165) is 6.42 Å². The monoisotopic (exact) mass is 319 g/mol. The number of hydrogen-bond donors (Lipinski definition) is 2. The largest absolute Gasteiger partial charge is 0.383 e. The highest BCUT2D eigenvalue weighted by Gasteiger charge is 2.33. The quantitative estimate of drug-likeness (QED) is 0.877. The molecule has 1 saturated carbocycles. The van der Waals surface area contributed by atoms with Crippen LogP contribution in [0.1, 0.15) is 13.3 Å². The van der Waals surface area contributed by atoms with Gasteiger partial charge in [0.15, 0.2) is 0 Å². The Labute approximate surface area is 109 Å². The normalized spacial score (nSPS) is 23.6. The number of rotatable bonds is 4. The van der Waals surface area contributed by atoms with Gasteiger partial charge in [-0.3, -0.25) is 0 Å². The molecule has 2 unspecified atom stereocenters.